The Morgan fingerprint density at radius 2 is 2.21 bits per heavy atom. The van der Waals surface area contributed by atoms with Gasteiger partial charge in [0, 0.05) is 16.1 Å². The second-order valence-electron chi connectivity index (χ2n) is 6.52. The van der Waals surface area contributed by atoms with Crippen LogP contribution < -0.4 is 10.1 Å². The van der Waals surface area contributed by atoms with Crippen LogP contribution in [0.4, 0.5) is 0 Å². The zero-order chi connectivity index (χ0) is 13.5. The minimum absolute atomic E-state index is 0.446. The molecule has 3 rings (SSSR count). The highest BCUT2D eigenvalue weighted by molar-refractivity contribution is 9.10. The maximum Gasteiger partial charge on any atom is 0.125 e. The van der Waals surface area contributed by atoms with E-state index in [1.54, 1.807) is 0 Å². The lowest BCUT2D eigenvalue weighted by Gasteiger charge is -2.19. The third-order valence-corrected chi connectivity index (χ3v) is 5.07. The van der Waals surface area contributed by atoms with Gasteiger partial charge in [-0.25, -0.2) is 0 Å². The maximum absolute atomic E-state index is 5.85. The van der Waals surface area contributed by atoms with Crippen molar-refractivity contribution in [2.24, 2.45) is 11.3 Å². The van der Waals surface area contributed by atoms with Crippen molar-refractivity contribution in [3.8, 4) is 5.75 Å². The minimum atomic E-state index is 0.446. The molecule has 0 saturated heterocycles. The first kappa shape index (κ1) is 13.4. The van der Waals surface area contributed by atoms with Crippen LogP contribution in [0.15, 0.2) is 22.7 Å². The van der Waals surface area contributed by atoms with Crippen LogP contribution in [-0.4, -0.2) is 13.2 Å². The van der Waals surface area contributed by atoms with Gasteiger partial charge in [0.2, 0.25) is 0 Å². The largest absolute Gasteiger partial charge is 0.493 e. The SMILES string of the molecule is CC1(C)CC1CNC1CCCOc2cc(Br)ccc21. The summed E-state index contributed by atoms with van der Waals surface area (Å²) in [4.78, 5) is 0. The van der Waals surface area contributed by atoms with Crippen LogP contribution in [-0.2, 0) is 0 Å². The van der Waals surface area contributed by atoms with Crippen LogP contribution >= 0.6 is 15.9 Å². The Bertz CT molecular complexity index is 472. The zero-order valence-corrected chi connectivity index (χ0v) is 13.3. The number of nitrogens with one attached hydrogen (secondary N) is 1. The predicted molar refractivity (Wildman–Crippen MR) is 81.5 cm³/mol. The van der Waals surface area contributed by atoms with Gasteiger partial charge in [0.15, 0.2) is 0 Å². The average Bonchev–Trinajstić information content (AvgIpc) is 3.02. The van der Waals surface area contributed by atoms with Crippen molar-refractivity contribution in [2.75, 3.05) is 13.2 Å². The first-order valence-corrected chi connectivity index (χ1v) is 8.01. The van der Waals surface area contributed by atoms with Crippen LogP contribution in [0.2, 0.25) is 0 Å². The molecule has 0 aromatic heterocycles. The highest BCUT2D eigenvalue weighted by atomic mass is 79.9. The van der Waals surface area contributed by atoms with Crippen molar-refractivity contribution in [1.29, 1.82) is 0 Å². The van der Waals surface area contributed by atoms with Gasteiger partial charge in [0.1, 0.15) is 5.75 Å². The fraction of sp³-hybridized carbons (Fsp3) is 0.625. The monoisotopic (exact) mass is 323 g/mol. The van der Waals surface area contributed by atoms with E-state index < -0.39 is 0 Å². The summed E-state index contributed by atoms with van der Waals surface area (Å²) in [6, 6.07) is 6.85. The molecule has 2 nitrogen and oxygen atoms in total. The normalized spacial score (nSPS) is 28.2. The summed E-state index contributed by atoms with van der Waals surface area (Å²) in [6.45, 7) is 6.69. The molecular formula is C16H22BrNO. The first-order valence-electron chi connectivity index (χ1n) is 7.22. The molecule has 104 valence electrons. The Kier molecular flexibility index (Phi) is 3.61. The number of hydrogen-bond acceptors (Lipinski definition) is 2. The molecule has 1 aliphatic heterocycles. The Balaban J connectivity index is 1.71. The quantitative estimate of drug-likeness (QED) is 0.895. The lowest BCUT2D eigenvalue weighted by atomic mass is 10.0. The van der Waals surface area contributed by atoms with E-state index in [4.69, 9.17) is 4.74 Å². The van der Waals surface area contributed by atoms with Crippen molar-refractivity contribution in [2.45, 2.75) is 39.2 Å². The molecule has 0 radical (unpaired) electrons. The third-order valence-electron chi connectivity index (χ3n) is 4.57. The smallest absolute Gasteiger partial charge is 0.125 e. The van der Waals surface area contributed by atoms with E-state index in [9.17, 15) is 0 Å². The van der Waals surface area contributed by atoms with E-state index in [-0.39, 0.29) is 0 Å². The Morgan fingerprint density at radius 1 is 1.42 bits per heavy atom. The molecule has 1 heterocycles. The summed E-state index contributed by atoms with van der Waals surface area (Å²) >= 11 is 3.52. The molecule has 1 aliphatic carbocycles. The first-order chi connectivity index (χ1) is 9.06. The number of benzene rings is 1. The van der Waals surface area contributed by atoms with E-state index >= 15 is 0 Å². The van der Waals surface area contributed by atoms with Gasteiger partial charge >= 0.3 is 0 Å². The van der Waals surface area contributed by atoms with Gasteiger partial charge in [-0.15, -0.1) is 0 Å². The van der Waals surface area contributed by atoms with E-state index in [1.165, 1.54) is 18.4 Å². The molecule has 2 unspecified atom stereocenters. The number of rotatable bonds is 3. The van der Waals surface area contributed by atoms with Crippen LogP contribution in [0.1, 0.15) is 44.7 Å². The number of ether oxygens (including phenoxy) is 1. The molecular weight excluding hydrogens is 302 g/mol. The molecule has 19 heavy (non-hydrogen) atoms. The zero-order valence-electron chi connectivity index (χ0n) is 11.7. The predicted octanol–water partition coefficient (Wildman–Crippen LogP) is 4.30. The second-order valence-corrected chi connectivity index (χ2v) is 7.44. The summed E-state index contributed by atoms with van der Waals surface area (Å²) in [5.74, 6) is 1.88. The maximum atomic E-state index is 5.85. The van der Waals surface area contributed by atoms with Gasteiger partial charge in [0.25, 0.3) is 0 Å². The molecule has 1 saturated carbocycles. The third kappa shape index (κ3) is 2.97. The van der Waals surface area contributed by atoms with Crippen LogP contribution in [0.3, 0.4) is 0 Å². The molecule has 2 atom stereocenters. The van der Waals surface area contributed by atoms with E-state index in [2.05, 4.69) is 53.3 Å². The van der Waals surface area contributed by atoms with Gasteiger partial charge in [0.05, 0.1) is 6.61 Å². The molecule has 2 aliphatic rings. The molecule has 0 amide bonds. The number of fused-ring (bicyclic) bond motifs is 1. The van der Waals surface area contributed by atoms with E-state index in [0.717, 1.165) is 35.7 Å². The van der Waals surface area contributed by atoms with Gasteiger partial charge in [-0.3, -0.25) is 0 Å². The van der Waals surface area contributed by atoms with Crippen molar-refractivity contribution in [3.05, 3.63) is 28.2 Å². The highest BCUT2D eigenvalue weighted by Crippen LogP contribution is 2.51. The number of hydrogen-bond donors (Lipinski definition) is 1. The van der Waals surface area contributed by atoms with Crippen LogP contribution in [0, 0.1) is 11.3 Å². The van der Waals surface area contributed by atoms with Crippen molar-refractivity contribution >= 4 is 15.9 Å². The highest BCUT2D eigenvalue weighted by Gasteiger charge is 2.45. The van der Waals surface area contributed by atoms with Crippen molar-refractivity contribution in [1.82, 2.24) is 5.32 Å². The van der Waals surface area contributed by atoms with Gasteiger partial charge < -0.3 is 10.1 Å². The van der Waals surface area contributed by atoms with E-state index in [0.29, 0.717) is 11.5 Å². The molecule has 1 aromatic carbocycles. The van der Waals surface area contributed by atoms with Crippen molar-refractivity contribution in [3.63, 3.8) is 0 Å². The Labute approximate surface area is 124 Å². The van der Waals surface area contributed by atoms with Crippen molar-refractivity contribution < 1.29 is 4.74 Å². The lowest BCUT2D eigenvalue weighted by molar-refractivity contribution is 0.314. The van der Waals surface area contributed by atoms with Gasteiger partial charge in [-0.1, -0.05) is 35.8 Å². The molecule has 0 spiro atoms. The summed E-state index contributed by atoms with van der Waals surface area (Å²) in [7, 11) is 0. The summed E-state index contributed by atoms with van der Waals surface area (Å²) < 4.78 is 6.95. The second kappa shape index (κ2) is 5.10. The standard InChI is InChI=1S/C16H22BrNO/c1-16(2)9-11(16)10-18-14-4-3-7-19-15-8-12(17)5-6-13(14)15/h5-6,8,11,14,18H,3-4,7,9-10H2,1-2H3. The fourth-order valence-corrected chi connectivity index (χ4v) is 3.31. The molecule has 0 bridgehead atoms. The Morgan fingerprint density at radius 3 is 2.95 bits per heavy atom. The number of halogens is 1. The molecule has 1 fully saturated rings. The summed E-state index contributed by atoms with van der Waals surface area (Å²) in [5, 5.41) is 3.76. The van der Waals surface area contributed by atoms with Gasteiger partial charge in [-0.05, 0) is 49.3 Å². The molecule has 3 heteroatoms. The van der Waals surface area contributed by atoms with E-state index in [1.807, 2.05) is 0 Å². The average molecular weight is 324 g/mol. The van der Waals surface area contributed by atoms with Crippen LogP contribution in [0.25, 0.3) is 0 Å². The molecule has 1 N–H and O–H groups in total. The topological polar surface area (TPSA) is 21.3 Å². The Hall–Kier alpha value is -0.540. The van der Waals surface area contributed by atoms with Gasteiger partial charge in [-0.2, -0.15) is 0 Å². The minimum Gasteiger partial charge on any atom is -0.493 e. The summed E-state index contributed by atoms with van der Waals surface area (Å²) in [5.41, 5.74) is 1.87. The lowest BCUT2D eigenvalue weighted by Crippen LogP contribution is -2.24. The molecule has 1 aromatic rings. The summed E-state index contributed by atoms with van der Waals surface area (Å²) in [6.07, 6.45) is 3.65. The van der Waals surface area contributed by atoms with Crippen LogP contribution in [0.5, 0.6) is 5.75 Å². The fourth-order valence-electron chi connectivity index (χ4n) is 2.97.